The summed E-state index contributed by atoms with van der Waals surface area (Å²) in [5, 5.41) is 6.37. The summed E-state index contributed by atoms with van der Waals surface area (Å²) in [5.74, 6) is 1.26. The molecule has 2 aliphatic heterocycles. The number of benzene rings is 2. The van der Waals surface area contributed by atoms with E-state index in [1.54, 1.807) is 38.7 Å². The van der Waals surface area contributed by atoms with E-state index in [1.165, 1.54) is 10.5 Å². The molecule has 2 N–H and O–H groups in total. The Labute approximate surface area is 286 Å². The van der Waals surface area contributed by atoms with Gasteiger partial charge in [0.1, 0.15) is 22.0 Å². The first kappa shape index (κ1) is 32.6. The number of anilines is 6. The first-order valence-electron chi connectivity index (χ1n) is 16.3. The second-order valence-electron chi connectivity index (χ2n) is 12.7. The Morgan fingerprint density at radius 1 is 0.917 bits per heavy atom. The standard InChI is InChI=1S/C33H41ClN10O3S/c1-41-16-18-44(19-17-41)22-10-14-43(15-11-22)23-4-7-26(29(20-23)47-3)39-33-37-21-25(34)32(40-33)38-28-9-8-27-30(36-13-12-35-27)31(28)42(2)48(45,46)24-5-6-24/h4,7-9,12-13,20-22,24H,5-6,10-11,14-19H2,1-3H3,(H2,37,38,39,40). The highest BCUT2D eigenvalue weighted by molar-refractivity contribution is 7.93. The number of hydrogen-bond donors (Lipinski definition) is 2. The number of nitrogens with one attached hydrogen (secondary N) is 2. The lowest BCUT2D eigenvalue weighted by Crippen LogP contribution is -2.52. The van der Waals surface area contributed by atoms with Crippen molar-refractivity contribution >= 4 is 67.2 Å². The maximum Gasteiger partial charge on any atom is 0.237 e. The topological polar surface area (TPSA) is 132 Å². The monoisotopic (exact) mass is 692 g/mol. The number of ether oxygens (including phenoxy) is 1. The molecule has 3 fully saturated rings. The molecule has 13 nitrogen and oxygen atoms in total. The van der Waals surface area contributed by atoms with Crippen LogP contribution in [0.2, 0.25) is 5.02 Å². The Kier molecular flexibility index (Phi) is 9.16. The lowest BCUT2D eigenvalue weighted by molar-refractivity contribution is 0.0982. The molecule has 3 aliphatic rings. The van der Waals surface area contributed by atoms with Gasteiger partial charge in [0.05, 0.1) is 35.4 Å². The van der Waals surface area contributed by atoms with Crippen LogP contribution < -0.4 is 24.6 Å². The minimum Gasteiger partial charge on any atom is -0.494 e. The minimum atomic E-state index is -3.59. The summed E-state index contributed by atoms with van der Waals surface area (Å²) in [5.41, 5.74) is 3.69. The Bertz CT molecular complexity index is 1890. The molecular weight excluding hydrogens is 652 g/mol. The van der Waals surface area contributed by atoms with E-state index < -0.39 is 15.3 Å². The van der Waals surface area contributed by atoms with E-state index in [4.69, 9.17) is 16.3 Å². The molecule has 1 aliphatic carbocycles. The maximum absolute atomic E-state index is 13.3. The quantitative estimate of drug-likeness (QED) is 0.239. The molecule has 2 saturated heterocycles. The summed E-state index contributed by atoms with van der Waals surface area (Å²) in [6.07, 6.45) is 8.18. The molecule has 2 aromatic heterocycles. The zero-order valence-corrected chi connectivity index (χ0v) is 29.0. The molecule has 0 atom stereocenters. The van der Waals surface area contributed by atoms with Gasteiger partial charge in [-0.1, -0.05) is 11.6 Å². The Morgan fingerprint density at radius 2 is 1.65 bits per heavy atom. The fourth-order valence-electron chi connectivity index (χ4n) is 6.58. The van der Waals surface area contributed by atoms with E-state index >= 15 is 0 Å². The molecule has 0 spiro atoms. The van der Waals surface area contributed by atoms with Gasteiger partial charge in [0.15, 0.2) is 5.82 Å². The molecular formula is C33H41ClN10O3S. The minimum absolute atomic E-state index is 0.265. The molecule has 254 valence electrons. The van der Waals surface area contributed by atoms with Crippen molar-refractivity contribution < 1.29 is 13.2 Å². The predicted molar refractivity (Wildman–Crippen MR) is 191 cm³/mol. The third-order valence-electron chi connectivity index (χ3n) is 9.57. The van der Waals surface area contributed by atoms with E-state index in [1.807, 2.05) is 12.1 Å². The van der Waals surface area contributed by atoms with Crippen LogP contribution in [0, 0.1) is 0 Å². The maximum atomic E-state index is 13.3. The molecule has 0 unspecified atom stereocenters. The van der Waals surface area contributed by atoms with Gasteiger partial charge in [-0.3, -0.25) is 19.2 Å². The summed E-state index contributed by atoms with van der Waals surface area (Å²) in [6.45, 7) is 6.59. The van der Waals surface area contributed by atoms with Crippen LogP contribution >= 0.6 is 11.6 Å². The zero-order chi connectivity index (χ0) is 33.4. The molecule has 1 saturated carbocycles. The van der Waals surface area contributed by atoms with Crippen LogP contribution in [-0.4, -0.2) is 110 Å². The van der Waals surface area contributed by atoms with Gasteiger partial charge in [0.25, 0.3) is 0 Å². The summed E-state index contributed by atoms with van der Waals surface area (Å²) in [4.78, 5) is 25.4. The van der Waals surface area contributed by atoms with Crippen LogP contribution in [0.25, 0.3) is 11.0 Å². The number of nitrogens with zero attached hydrogens (tertiary/aromatic N) is 8. The summed E-state index contributed by atoms with van der Waals surface area (Å²) in [7, 11) is 1.80. The van der Waals surface area contributed by atoms with Crippen molar-refractivity contribution in [3.63, 3.8) is 0 Å². The van der Waals surface area contributed by atoms with Crippen LogP contribution in [0.1, 0.15) is 25.7 Å². The number of likely N-dealkylation sites (N-methyl/N-ethyl adjacent to an activating group) is 1. The average Bonchev–Trinajstić information content (AvgIpc) is 3.97. The Balaban J connectivity index is 1.09. The van der Waals surface area contributed by atoms with Gasteiger partial charge < -0.3 is 25.2 Å². The summed E-state index contributed by atoms with van der Waals surface area (Å²) >= 11 is 6.57. The molecule has 15 heteroatoms. The highest BCUT2D eigenvalue weighted by Crippen LogP contribution is 2.40. The molecule has 0 amide bonds. The van der Waals surface area contributed by atoms with E-state index in [9.17, 15) is 8.42 Å². The van der Waals surface area contributed by atoms with Crippen molar-refractivity contribution in [2.75, 3.05) is 80.3 Å². The average molecular weight is 693 g/mol. The Morgan fingerprint density at radius 3 is 2.38 bits per heavy atom. The number of piperidine rings is 1. The first-order chi connectivity index (χ1) is 23.2. The number of aromatic nitrogens is 4. The van der Waals surface area contributed by atoms with Crippen LogP contribution in [0.15, 0.2) is 48.9 Å². The number of methoxy groups -OCH3 is 1. The number of fused-ring (bicyclic) bond motifs is 1. The van der Waals surface area contributed by atoms with Crippen LogP contribution in [0.4, 0.5) is 34.5 Å². The molecule has 48 heavy (non-hydrogen) atoms. The van der Waals surface area contributed by atoms with Crippen LogP contribution in [0.5, 0.6) is 5.75 Å². The molecule has 4 heterocycles. The lowest BCUT2D eigenvalue weighted by Gasteiger charge is -2.42. The van der Waals surface area contributed by atoms with Gasteiger partial charge in [0, 0.05) is 76.5 Å². The highest BCUT2D eigenvalue weighted by Gasteiger charge is 2.40. The predicted octanol–water partition coefficient (Wildman–Crippen LogP) is 4.71. The third kappa shape index (κ3) is 6.66. The third-order valence-corrected chi connectivity index (χ3v) is 12.1. The van der Waals surface area contributed by atoms with Gasteiger partial charge in [0.2, 0.25) is 16.0 Å². The van der Waals surface area contributed by atoms with Crippen molar-refractivity contribution in [3.05, 3.63) is 53.9 Å². The zero-order valence-electron chi connectivity index (χ0n) is 27.4. The van der Waals surface area contributed by atoms with Crippen LogP contribution in [-0.2, 0) is 10.0 Å². The van der Waals surface area contributed by atoms with E-state index in [0.717, 1.165) is 57.8 Å². The van der Waals surface area contributed by atoms with Crippen molar-refractivity contribution in [1.82, 2.24) is 29.7 Å². The highest BCUT2D eigenvalue weighted by atomic mass is 35.5. The molecule has 0 bridgehead atoms. The lowest BCUT2D eigenvalue weighted by atomic mass is 10.0. The van der Waals surface area contributed by atoms with Crippen LogP contribution in [0.3, 0.4) is 0 Å². The molecule has 0 radical (unpaired) electrons. The van der Waals surface area contributed by atoms with E-state index in [-0.39, 0.29) is 5.02 Å². The fraction of sp³-hybridized carbons (Fsp3) is 0.455. The van der Waals surface area contributed by atoms with Crippen molar-refractivity contribution in [2.45, 2.75) is 37.0 Å². The Hall–Kier alpha value is -3.98. The smallest absolute Gasteiger partial charge is 0.237 e. The van der Waals surface area contributed by atoms with Crippen molar-refractivity contribution in [2.24, 2.45) is 0 Å². The number of sulfonamides is 1. The van der Waals surface area contributed by atoms with Gasteiger partial charge in [-0.2, -0.15) is 4.98 Å². The first-order valence-corrected chi connectivity index (χ1v) is 18.2. The van der Waals surface area contributed by atoms with Crippen molar-refractivity contribution in [3.8, 4) is 5.75 Å². The molecule has 2 aromatic carbocycles. The van der Waals surface area contributed by atoms with E-state index in [2.05, 4.69) is 58.4 Å². The number of halogens is 1. The van der Waals surface area contributed by atoms with Crippen molar-refractivity contribution in [1.29, 1.82) is 0 Å². The van der Waals surface area contributed by atoms with Gasteiger partial charge in [-0.15, -0.1) is 0 Å². The van der Waals surface area contributed by atoms with Gasteiger partial charge >= 0.3 is 0 Å². The van der Waals surface area contributed by atoms with E-state index in [0.29, 0.717) is 64.5 Å². The molecule has 7 rings (SSSR count). The molecule has 4 aromatic rings. The second-order valence-corrected chi connectivity index (χ2v) is 15.3. The number of rotatable bonds is 10. The number of piperazine rings is 1. The summed E-state index contributed by atoms with van der Waals surface area (Å²) in [6, 6.07) is 10.3. The normalized spacial score (nSPS) is 18.2. The number of hydrogen-bond acceptors (Lipinski definition) is 12. The second kappa shape index (κ2) is 13.5. The van der Waals surface area contributed by atoms with Gasteiger partial charge in [-0.05, 0) is 57.0 Å². The SMILES string of the molecule is COc1cc(N2CCC(N3CCN(C)CC3)CC2)ccc1Nc1ncc(Cl)c(Nc2ccc3nccnc3c2N(C)S(=O)(=O)C2CC2)n1. The largest absolute Gasteiger partial charge is 0.494 e. The fourth-order valence-corrected chi connectivity index (χ4v) is 8.33. The van der Waals surface area contributed by atoms with Gasteiger partial charge in [-0.25, -0.2) is 13.4 Å². The summed E-state index contributed by atoms with van der Waals surface area (Å²) < 4.78 is 33.7.